The molecule has 1 aliphatic rings. The fourth-order valence-corrected chi connectivity index (χ4v) is 4.43. The average molecular weight is 367 g/mol. The maximum Gasteiger partial charge on any atom is 0.402 e. The van der Waals surface area contributed by atoms with Crippen LogP contribution in [0.15, 0.2) is 29.2 Å². The molecule has 0 unspecified atom stereocenters. The molecule has 0 radical (unpaired) electrons. The van der Waals surface area contributed by atoms with E-state index in [1.54, 1.807) is 13.0 Å². The molecule has 0 bridgehead atoms. The summed E-state index contributed by atoms with van der Waals surface area (Å²) in [5.74, 6) is 0.0548. The summed E-state index contributed by atoms with van der Waals surface area (Å²) in [7, 11) is -4.35. The predicted octanol–water partition coefficient (Wildman–Crippen LogP) is 2.82. The van der Waals surface area contributed by atoms with Crippen molar-refractivity contribution >= 4 is 10.0 Å². The number of sulfonamides is 1. The molecule has 0 aliphatic carbocycles. The van der Waals surface area contributed by atoms with Gasteiger partial charge < -0.3 is 9.47 Å². The van der Waals surface area contributed by atoms with Crippen LogP contribution in [0.5, 0.6) is 5.75 Å². The van der Waals surface area contributed by atoms with Crippen molar-refractivity contribution in [3.05, 3.63) is 24.3 Å². The van der Waals surface area contributed by atoms with Crippen molar-refractivity contribution in [2.45, 2.75) is 36.9 Å². The molecule has 1 aliphatic heterocycles. The van der Waals surface area contributed by atoms with Crippen LogP contribution >= 0.6 is 0 Å². The maximum atomic E-state index is 13.0. The van der Waals surface area contributed by atoms with E-state index in [-0.39, 0.29) is 43.3 Å². The number of hydrogen-bond donors (Lipinski definition) is 0. The Labute approximate surface area is 139 Å². The minimum atomic E-state index is -4.63. The highest BCUT2D eigenvalue weighted by Gasteiger charge is 2.42. The van der Waals surface area contributed by atoms with Gasteiger partial charge in [0, 0.05) is 19.3 Å². The summed E-state index contributed by atoms with van der Waals surface area (Å²) in [6, 6.07) is 4.99. The van der Waals surface area contributed by atoms with E-state index < -0.39 is 28.8 Å². The van der Waals surface area contributed by atoms with Gasteiger partial charge in [-0.05, 0) is 31.9 Å². The van der Waals surface area contributed by atoms with Gasteiger partial charge in [0.1, 0.15) is 17.2 Å². The molecule has 2 rings (SSSR count). The van der Waals surface area contributed by atoms with Crippen molar-refractivity contribution in [1.29, 1.82) is 0 Å². The van der Waals surface area contributed by atoms with Crippen LogP contribution in [0.3, 0.4) is 0 Å². The second-order valence-electron chi connectivity index (χ2n) is 5.39. The molecular weight excluding hydrogens is 347 g/mol. The van der Waals surface area contributed by atoms with Crippen molar-refractivity contribution in [3.63, 3.8) is 0 Å². The molecule has 136 valence electrons. The smallest absolute Gasteiger partial charge is 0.402 e. The van der Waals surface area contributed by atoms with Gasteiger partial charge in [0.05, 0.1) is 6.61 Å². The Balaban J connectivity index is 2.43. The second-order valence-corrected chi connectivity index (χ2v) is 7.25. The topological polar surface area (TPSA) is 55.8 Å². The first-order valence-corrected chi connectivity index (χ1v) is 9.08. The number of benzene rings is 1. The molecule has 1 fully saturated rings. The molecule has 0 saturated carbocycles. The molecule has 0 N–H and O–H groups in total. The van der Waals surface area contributed by atoms with E-state index in [0.29, 0.717) is 4.31 Å². The minimum Gasteiger partial charge on any atom is -0.492 e. The normalized spacial score (nSPS) is 17.2. The third-order valence-corrected chi connectivity index (χ3v) is 5.61. The lowest BCUT2D eigenvalue weighted by Crippen LogP contribution is -2.47. The van der Waals surface area contributed by atoms with Crippen molar-refractivity contribution in [2.24, 2.45) is 0 Å². The molecule has 9 heteroatoms. The Morgan fingerprint density at radius 2 is 1.88 bits per heavy atom. The first kappa shape index (κ1) is 19.0. The molecule has 1 aromatic rings. The monoisotopic (exact) mass is 367 g/mol. The number of rotatable bonds is 6. The third-order valence-electron chi connectivity index (χ3n) is 3.67. The summed E-state index contributed by atoms with van der Waals surface area (Å²) >= 11 is 0. The Morgan fingerprint density at radius 3 is 2.46 bits per heavy atom. The molecule has 1 aromatic carbocycles. The van der Waals surface area contributed by atoms with E-state index in [0.717, 1.165) is 0 Å². The van der Waals surface area contributed by atoms with Crippen LogP contribution < -0.4 is 4.74 Å². The second kappa shape index (κ2) is 7.71. The van der Waals surface area contributed by atoms with Crippen LogP contribution in [0.2, 0.25) is 0 Å². The quantitative estimate of drug-likeness (QED) is 0.776. The zero-order chi connectivity index (χ0) is 17.8. The summed E-state index contributed by atoms with van der Waals surface area (Å²) in [5.41, 5.74) is 0. The Morgan fingerprint density at radius 1 is 1.25 bits per heavy atom. The van der Waals surface area contributed by atoms with Gasteiger partial charge in [0.2, 0.25) is 10.0 Å². The maximum absolute atomic E-state index is 13.0. The van der Waals surface area contributed by atoms with E-state index in [2.05, 4.69) is 0 Å². The first-order chi connectivity index (χ1) is 11.3. The molecule has 1 saturated heterocycles. The SMILES string of the molecule is CCOc1ccccc1S(=O)(=O)N(CC(F)(F)F)C1CCOCC1. The number of nitrogens with zero attached hydrogens (tertiary/aromatic N) is 1. The number of hydrogen-bond acceptors (Lipinski definition) is 4. The summed E-state index contributed by atoms with van der Waals surface area (Å²) in [4.78, 5) is -0.248. The molecule has 1 heterocycles. The lowest BCUT2D eigenvalue weighted by atomic mass is 10.1. The molecule has 24 heavy (non-hydrogen) atoms. The number of para-hydroxylation sites is 1. The van der Waals surface area contributed by atoms with Crippen LogP contribution in [0.4, 0.5) is 13.2 Å². The van der Waals surface area contributed by atoms with Gasteiger partial charge in [-0.1, -0.05) is 12.1 Å². The zero-order valence-electron chi connectivity index (χ0n) is 13.3. The standard InChI is InChI=1S/C15H20F3NO4S/c1-2-23-13-5-3-4-6-14(13)24(20,21)19(11-15(16,17)18)12-7-9-22-10-8-12/h3-6,12H,2,7-11H2,1H3. The number of ether oxygens (including phenoxy) is 2. The predicted molar refractivity (Wildman–Crippen MR) is 81.4 cm³/mol. The lowest BCUT2D eigenvalue weighted by Gasteiger charge is -2.34. The molecular formula is C15H20F3NO4S. The van der Waals surface area contributed by atoms with Gasteiger partial charge in [-0.25, -0.2) is 8.42 Å². The van der Waals surface area contributed by atoms with Crippen LogP contribution in [0.1, 0.15) is 19.8 Å². The Bertz CT molecular complexity index is 642. The van der Waals surface area contributed by atoms with Crippen molar-refractivity contribution in [1.82, 2.24) is 4.31 Å². The highest BCUT2D eigenvalue weighted by Crippen LogP contribution is 2.32. The molecule has 0 spiro atoms. The summed E-state index contributed by atoms with van der Waals surface area (Å²) < 4.78 is 75.7. The van der Waals surface area contributed by atoms with E-state index in [4.69, 9.17) is 9.47 Å². The van der Waals surface area contributed by atoms with Gasteiger partial charge >= 0.3 is 6.18 Å². The third kappa shape index (κ3) is 4.61. The highest BCUT2D eigenvalue weighted by atomic mass is 32.2. The van der Waals surface area contributed by atoms with Gasteiger partial charge in [0.25, 0.3) is 0 Å². The van der Waals surface area contributed by atoms with Gasteiger partial charge in [-0.2, -0.15) is 17.5 Å². The molecule has 0 atom stereocenters. The average Bonchev–Trinajstić information content (AvgIpc) is 2.53. The highest BCUT2D eigenvalue weighted by molar-refractivity contribution is 7.89. The minimum absolute atomic E-state index is 0.0548. The van der Waals surface area contributed by atoms with E-state index in [9.17, 15) is 21.6 Å². The van der Waals surface area contributed by atoms with Crippen LogP contribution in [-0.4, -0.2) is 51.3 Å². The number of alkyl halides is 3. The van der Waals surface area contributed by atoms with Crippen molar-refractivity contribution in [2.75, 3.05) is 26.4 Å². The lowest BCUT2D eigenvalue weighted by molar-refractivity contribution is -0.141. The molecule has 0 aromatic heterocycles. The Hall–Kier alpha value is -1.32. The fourth-order valence-electron chi connectivity index (χ4n) is 2.62. The largest absolute Gasteiger partial charge is 0.492 e. The van der Waals surface area contributed by atoms with E-state index >= 15 is 0 Å². The van der Waals surface area contributed by atoms with E-state index in [1.165, 1.54) is 18.2 Å². The van der Waals surface area contributed by atoms with E-state index in [1.807, 2.05) is 0 Å². The summed E-state index contributed by atoms with van der Waals surface area (Å²) in [6.45, 7) is 0.836. The fraction of sp³-hybridized carbons (Fsp3) is 0.600. The van der Waals surface area contributed by atoms with Gasteiger partial charge in [0.15, 0.2) is 0 Å². The number of halogens is 3. The van der Waals surface area contributed by atoms with Crippen molar-refractivity contribution < 1.29 is 31.1 Å². The van der Waals surface area contributed by atoms with Gasteiger partial charge in [-0.15, -0.1) is 0 Å². The first-order valence-electron chi connectivity index (χ1n) is 7.64. The molecule has 5 nitrogen and oxygen atoms in total. The molecule has 0 amide bonds. The van der Waals surface area contributed by atoms with Crippen LogP contribution in [0.25, 0.3) is 0 Å². The summed E-state index contributed by atoms with van der Waals surface area (Å²) in [5, 5.41) is 0. The Kier molecular flexibility index (Phi) is 6.11. The van der Waals surface area contributed by atoms with Crippen LogP contribution in [-0.2, 0) is 14.8 Å². The van der Waals surface area contributed by atoms with Crippen LogP contribution in [0, 0.1) is 0 Å². The van der Waals surface area contributed by atoms with Crippen molar-refractivity contribution in [3.8, 4) is 5.75 Å². The summed E-state index contributed by atoms with van der Waals surface area (Å²) in [6.07, 6.45) is -4.18. The zero-order valence-corrected chi connectivity index (χ0v) is 14.1. The van der Waals surface area contributed by atoms with Gasteiger partial charge in [-0.3, -0.25) is 0 Å².